The van der Waals surface area contributed by atoms with Gasteiger partial charge in [-0.2, -0.15) is 0 Å². The van der Waals surface area contributed by atoms with Crippen LogP contribution in [0.5, 0.6) is 0 Å². The van der Waals surface area contributed by atoms with Crippen LogP contribution in [0.15, 0.2) is 35.7 Å². The second-order valence-electron chi connectivity index (χ2n) is 4.19. The first kappa shape index (κ1) is 14.7. The predicted molar refractivity (Wildman–Crippen MR) is 78.0 cm³/mol. The molecule has 0 saturated carbocycles. The summed E-state index contributed by atoms with van der Waals surface area (Å²) in [6.45, 7) is 0.731. The fourth-order valence-electron chi connectivity index (χ4n) is 1.77. The minimum Gasteiger partial charge on any atom is -0.384 e. The summed E-state index contributed by atoms with van der Waals surface area (Å²) >= 11 is 1.70. The van der Waals surface area contributed by atoms with Crippen LogP contribution in [-0.4, -0.2) is 18.3 Å². The lowest BCUT2D eigenvalue weighted by Gasteiger charge is -2.05. The van der Waals surface area contributed by atoms with Gasteiger partial charge < -0.3 is 9.84 Å². The molecule has 104 valence electrons. The molecule has 1 aromatic carbocycles. The number of hydrogen-bond donors (Lipinski definition) is 1. The normalized spacial score (nSPS) is 10.1. The van der Waals surface area contributed by atoms with Crippen molar-refractivity contribution in [2.75, 3.05) is 13.2 Å². The number of benzene rings is 1. The zero-order chi connectivity index (χ0) is 14.2. The molecule has 1 aromatic heterocycles. The molecule has 2 rings (SSSR count). The summed E-state index contributed by atoms with van der Waals surface area (Å²) in [5.74, 6) is 4.86. The monoisotopic (exact) mass is 290 g/mol. The Labute approximate surface area is 121 Å². The number of aliphatic hydroxyl groups is 1. The van der Waals surface area contributed by atoms with E-state index in [2.05, 4.69) is 17.9 Å². The maximum atomic E-state index is 13.4. The van der Waals surface area contributed by atoms with Gasteiger partial charge in [0, 0.05) is 16.9 Å². The van der Waals surface area contributed by atoms with E-state index in [1.807, 2.05) is 11.4 Å². The highest BCUT2D eigenvalue weighted by molar-refractivity contribution is 7.09. The van der Waals surface area contributed by atoms with Crippen LogP contribution >= 0.6 is 11.3 Å². The third kappa shape index (κ3) is 4.78. The topological polar surface area (TPSA) is 29.5 Å². The van der Waals surface area contributed by atoms with Gasteiger partial charge in [-0.3, -0.25) is 0 Å². The highest BCUT2D eigenvalue weighted by atomic mass is 32.1. The molecule has 20 heavy (non-hydrogen) atoms. The number of hydrogen-bond acceptors (Lipinski definition) is 3. The van der Waals surface area contributed by atoms with Crippen LogP contribution < -0.4 is 0 Å². The van der Waals surface area contributed by atoms with Crippen molar-refractivity contribution < 1.29 is 14.2 Å². The van der Waals surface area contributed by atoms with Crippen LogP contribution in [0.3, 0.4) is 0 Å². The minimum atomic E-state index is -0.341. The number of halogens is 1. The van der Waals surface area contributed by atoms with Gasteiger partial charge in [0.05, 0.1) is 13.2 Å². The maximum Gasteiger partial charge on any atom is 0.124 e. The van der Waals surface area contributed by atoms with Gasteiger partial charge >= 0.3 is 0 Å². The van der Waals surface area contributed by atoms with E-state index in [4.69, 9.17) is 9.84 Å². The Morgan fingerprint density at radius 3 is 2.95 bits per heavy atom. The molecule has 0 spiro atoms. The Kier molecular flexibility index (Phi) is 5.75. The summed E-state index contributed by atoms with van der Waals surface area (Å²) in [7, 11) is 0. The van der Waals surface area contributed by atoms with Crippen LogP contribution in [0.4, 0.5) is 4.39 Å². The van der Waals surface area contributed by atoms with Crippen molar-refractivity contribution in [3.63, 3.8) is 0 Å². The Bertz CT molecular complexity index is 597. The van der Waals surface area contributed by atoms with Crippen LogP contribution in [0.2, 0.25) is 0 Å². The van der Waals surface area contributed by atoms with Gasteiger partial charge in [-0.1, -0.05) is 17.9 Å². The molecular formula is C16H15FO2S. The third-order valence-electron chi connectivity index (χ3n) is 2.61. The van der Waals surface area contributed by atoms with Crippen molar-refractivity contribution in [2.45, 2.75) is 13.0 Å². The molecule has 0 aliphatic heterocycles. The van der Waals surface area contributed by atoms with Gasteiger partial charge in [0.1, 0.15) is 12.4 Å². The number of rotatable bonds is 5. The number of ether oxygens (including phenoxy) is 1. The Morgan fingerprint density at radius 2 is 2.20 bits per heavy atom. The quantitative estimate of drug-likeness (QED) is 0.677. The van der Waals surface area contributed by atoms with Gasteiger partial charge in [0.2, 0.25) is 0 Å². The number of thiophene rings is 1. The SMILES string of the molecule is OCC#Cc1cc(F)cc(COCCc2cccs2)c1. The summed E-state index contributed by atoms with van der Waals surface area (Å²) in [6, 6.07) is 8.64. The van der Waals surface area contributed by atoms with E-state index in [1.165, 1.54) is 17.0 Å². The summed E-state index contributed by atoms with van der Waals surface area (Å²) in [5, 5.41) is 10.7. The van der Waals surface area contributed by atoms with Gasteiger partial charge in [-0.05, 0) is 35.2 Å². The van der Waals surface area contributed by atoms with Crippen LogP contribution in [-0.2, 0) is 17.8 Å². The Hall–Kier alpha value is -1.67. The Morgan fingerprint density at radius 1 is 1.30 bits per heavy atom. The summed E-state index contributed by atoms with van der Waals surface area (Å²) in [6.07, 6.45) is 0.865. The summed E-state index contributed by atoms with van der Waals surface area (Å²) in [5.41, 5.74) is 1.30. The maximum absolute atomic E-state index is 13.4. The minimum absolute atomic E-state index is 0.233. The molecule has 0 radical (unpaired) electrons. The predicted octanol–water partition coefficient (Wildman–Crippen LogP) is 2.99. The van der Waals surface area contributed by atoms with Crippen molar-refractivity contribution >= 4 is 11.3 Å². The van der Waals surface area contributed by atoms with Crippen molar-refractivity contribution in [3.05, 3.63) is 57.5 Å². The van der Waals surface area contributed by atoms with Gasteiger partial charge in [0.25, 0.3) is 0 Å². The molecule has 0 saturated heterocycles. The third-order valence-corrected chi connectivity index (χ3v) is 3.55. The van der Waals surface area contributed by atoms with E-state index in [1.54, 1.807) is 17.4 Å². The average molecular weight is 290 g/mol. The van der Waals surface area contributed by atoms with Crippen LogP contribution in [0.1, 0.15) is 16.0 Å². The molecule has 0 aliphatic rings. The van der Waals surface area contributed by atoms with E-state index in [-0.39, 0.29) is 12.4 Å². The van der Waals surface area contributed by atoms with E-state index >= 15 is 0 Å². The summed E-state index contributed by atoms with van der Waals surface area (Å²) in [4.78, 5) is 1.28. The molecule has 0 bridgehead atoms. The van der Waals surface area contributed by atoms with Crippen LogP contribution in [0, 0.1) is 17.7 Å². The summed E-state index contributed by atoms with van der Waals surface area (Å²) < 4.78 is 19.0. The first-order chi connectivity index (χ1) is 9.78. The first-order valence-corrected chi connectivity index (χ1v) is 7.15. The highest BCUT2D eigenvalue weighted by Crippen LogP contribution is 2.12. The van der Waals surface area contributed by atoms with Crippen LogP contribution in [0.25, 0.3) is 0 Å². The van der Waals surface area contributed by atoms with Crippen molar-refractivity contribution in [1.29, 1.82) is 0 Å². The molecule has 0 atom stereocenters. The fourth-order valence-corrected chi connectivity index (χ4v) is 2.46. The molecule has 0 amide bonds. The molecule has 0 fully saturated rings. The van der Waals surface area contributed by atoms with E-state index in [9.17, 15) is 4.39 Å². The molecule has 2 nitrogen and oxygen atoms in total. The van der Waals surface area contributed by atoms with Gasteiger partial charge in [-0.25, -0.2) is 4.39 Å². The van der Waals surface area contributed by atoms with Crippen molar-refractivity contribution in [1.82, 2.24) is 0 Å². The highest BCUT2D eigenvalue weighted by Gasteiger charge is 2.00. The number of aliphatic hydroxyl groups excluding tert-OH is 1. The van der Waals surface area contributed by atoms with Gasteiger partial charge in [0.15, 0.2) is 0 Å². The smallest absolute Gasteiger partial charge is 0.124 e. The van der Waals surface area contributed by atoms with E-state index in [0.717, 1.165) is 12.0 Å². The zero-order valence-corrected chi connectivity index (χ0v) is 11.8. The largest absolute Gasteiger partial charge is 0.384 e. The molecule has 1 N–H and O–H groups in total. The second-order valence-corrected chi connectivity index (χ2v) is 5.22. The molecule has 0 aliphatic carbocycles. The molecule has 0 unspecified atom stereocenters. The lowest BCUT2D eigenvalue weighted by molar-refractivity contribution is 0.124. The molecule has 1 heterocycles. The van der Waals surface area contributed by atoms with E-state index in [0.29, 0.717) is 18.8 Å². The second kappa shape index (κ2) is 7.81. The van der Waals surface area contributed by atoms with Crippen molar-refractivity contribution in [3.8, 4) is 11.8 Å². The van der Waals surface area contributed by atoms with E-state index < -0.39 is 0 Å². The Balaban J connectivity index is 1.87. The molecule has 2 aromatic rings. The zero-order valence-electron chi connectivity index (χ0n) is 10.9. The van der Waals surface area contributed by atoms with Gasteiger partial charge in [-0.15, -0.1) is 11.3 Å². The lowest BCUT2D eigenvalue weighted by atomic mass is 10.1. The molecular weight excluding hydrogens is 275 g/mol. The van der Waals surface area contributed by atoms with Crippen molar-refractivity contribution in [2.24, 2.45) is 0 Å². The fraction of sp³-hybridized carbons (Fsp3) is 0.250. The first-order valence-electron chi connectivity index (χ1n) is 6.27. The average Bonchev–Trinajstić information content (AvgIpc) is 2.94. The molecule has 4 heteroatoms. The lowest BCUT2D eigenvalue weighted by Crippen LogP contribution is -1.99. The standard InChI is InChI=1S/C16H15FO2S/c17-15-10-13(3-1-6-18)9-14(11-15)12-19-7-5-16-4-2-8-20-16/h2,4,8-11,18H,5-7,12H2.